The number of aromatic amines is 1. The Hall–Kier alpha value is -2.07. The van der Waals surface area contributed by atoms with E-state index in [1.54, 1.807) is 31.5 Å². The Morgan fingerprint density at radius 3 is 2.71 bits per heavy atom. The van der Waals surface area contributed by atoms with E-state index in [9.17, 15) is 4.79 Å². The largest absolute Gasteiger partial charge is 0.496 e. The van der Waals surface area contributed by atoms with Gasteiger partial charge < -0.3 is 9.72 Å². The number of carbonyl (C=O) groups excluding carboxylic acids is 1. The number of fused-ring (bicyclic) bond motifs is 1. The minimum atomic E-state index is -0.00606. The molecule has 1 aromatic heterocycles. The highest BCUT2D eigenvalue weighted by atomic mass is 79.9. The SMILES string of the molecule is COc1ccc(C(=O)c2c[nH]c3cc(C)ccc23)cc1Br. The summed E-state index contributed by atoms with van der Waals surface area (Å²) in [6.07, 6.45) is 1.77. The van der Waals surface area contributed by atoms with Gasteiger partial charge in [0.25, 0.3) is 0 Å². The first-order valence-electron chi connectivity index (χ1n) is 6.56. The lowest BCUT2D eigenvalue weighted by atomic mass is 10.0. The Morgan fingerprint density at radius 1 is 1.19 bits per heavy atom. The van der Waals surface area contributed by atoms with Crippen LogP contribution in [-0.2, 0) is 0 Å². The fourth-order valence-corrected chi connectivity index (χ4v) is 2.93. The van der Waals surface area contributed by atoms with Gasteiger partial charge in [-0.05, 0) is 52.7 Å². The standard InChI is InChI=1S/C17H14BrNO2/c1-10-3-5-12-13(9-19-15(12)7-10)17(20)11-4-6-16(21-2)14(18)8-11/h3-9,19H,1-2H3. The number of aromatic nitrogens is 1. The lowest BCUT2D eigenvalue weighted by Crippen LogP contribution is -2.00. The number of hydrogen-bond acceptors (Lipinski definition) is 2. The molecule has 0 saturated heterocycles. The number of nitrogens with one attached hydrogen (secondary N) is 1. The quantitative estimate of drug-likeness (QED) is 0.712. The van der Waals surface area contributed by atoms with Gasteiger partial charge in [0, 0.05) is 28.2 Å². The van der Waals surface area contributed by atoms with Crippen molar-refractivity contribution in [2.45, 2.75) is 6.92 Å². The maximum atomic E-state index is 12.7. The van der Waals surface area contributed by atoms with Crippen molar-refractivity contribution in [1.82, 2.24) is 4.98 Å². The number of halogens is 1. The smallest absolute Gasteiger partial charge is 0.195 e. The molecule has 3 rings (SSSR count). The third-order valence-electron chi connectivity index (χ3n) is 3.50. The molecule has 106 valence electrons. The number of benzene rings is 2. The average Bonchev–Trinajstić information content (AvgIpc) is 2.89. The van der Waals surface area contributed by atoms with E-state index < -0.39 is 0 Å². The van der Waals surface area contributed by atoms with Crippen LogP contribution in [0.25, 0.3) is 10.9 Å². The van der Waals surface area contributed by atoms with Gasteiger partial charge >= 0.3 is 0 Å². The van der Waals surface area contributed by atoms with E-state index in [1.165, 1.54) is 0 Å². The molecule has 0 atom stereocenters. The molecule has 0 radical (unpaired) electrons. The van der Waals surface area contributed by atoms with Crippen LogP contribution in [-0.4, -0.2) is 17.9 Å². The molecule has 0 aliphatic heterocycles. The third-order valence-corrected chi connectivity index (χ3v) is 4.12. The molecular weight excluding hydrogens is 330 g/mol. The normalized spacial score (nSPS) is 10.8. The lowest BCUT2D eigenvalue weighted by Gasteiger charge is -2.05. The van der Waals surface area contributed by atoms with Crippen LogP contribution in [0.5, 0.6) is 5.75 Å². The molecule has 4 heteroatoms. The van der Waals surface area contributed by atoms with Crippen LogP contribution in [0.2, 0.25) is 0 Å². The zero-order valence-corrected chi connectivity index (χ0v) is 13.3. The van der Waals surface area contributed by atoms with Crippen molar-refractivity contribution in [3.63, 3.8) is 0 Å². The first-order valence-corrected chi connectivity index (χ1v) is 7.35. The Kier molecular flexibility index (Phi) is 3.55. The van der Waals surface area contributed by atoms with E-state index in [1.807, 2.05) is 25.1 Å². The molecule has 0 unspecified atom stereocenters. The number of aryl methyl sites for hydroxylation is 1. The summed E-state index contributed by atoms with van der Waals surface area (Å²) in [7, 11) is 1.60. The molecule has 0 saturated carbocycles. The number of ketones is 1. The van der Waals surface area contributed by atoms with Gasteiger partial charge in [0.15, 0.2) is 5.78 Å². The molecular formula is C17H14BrNO2. The second-order valence-electron chi connectivity index (χ2n) is 4.93. The lowest BCUT2D eigenvalue weighted by molar-refractivity contribution is 0.104. The van der Waals surface area contributed by atoms with Crippen LogP contribution in [0, 0.1) is 6.92 Å². The van der Waals surface area contributed by atoms with Crippen molar-refractivity contribution in [3.8, 4) is 5.75 Å². The number of H-pyrrole nitrogens is 1. The van der Waals surface area contributed by atoms with Crippen molar-refractivity contribution in [2.24, 2.45) is 0 Å². The van der Waals surface area contributed by atoms with Gasteiger partial charge in [-0.25, -0.2) is 0 Å². The van der Waals surface area contributed by atoms with Crippen LogP contribution in [0.1, 0.15) is 21.5 Å². The minimum absolute atomic E-state index is 0.00606. The fraction of sp³-hybridized carbons (Fsp3) is 0.118. The summed E-state index contributed by atoms with van der Waals surface area (Å²) in [5.74, 6) is 0.703. The number of carbonyl (C=O) groups is 1. The molecule has 3 nitrogen and oxygen atoms in total. The number of methoxy groups -OCH3 is 1. The molecule has 0 spiro atoms. The van der Waals surface area contributed by atoms with Gasteiger partial charge in [-0.3, -0.25) is 4.79 Å². The fourth-order valence-electron chi connectivity index (χ4n) is 2.39. The molecule has 0 fully saturated rings. The summed E-state index contributed by atoms with van der Waals surface area (Å²) in [5.41, 5.74) is 3.45. The zero-order chi connectivity index (χ0) is 15.0. The molecule has 0 bridgehead atoms. The number of rotatable bonds is 3. The van der Waals surface area contributed by atoms with Crippen molar-refractivity contribution < 1.29 is 9.53 Å². The summed E-state index contributed by atoms with van der Waals surface area (Å²) in [4.78, 5) is 15.8. The van der Waals surface area contributed by atoms with Crippen molar-refractivity contribution in [2.75, 3.05) is 7.11 Å². The highest BCUT2D eigenvalue weighted by Crippen LogP contribution is 2.28. The maximum absolute atomic E-state index is 12.7. The van der Waals surface area contributed by atoms with E-state index >= 15 is 0 Å². The number of hydrogen-bond donors (Lipinski definition) is 1. The molecule has 0 aliphatic rings. The predicted molar refractivity (Wildman–Crippen MR) is 87.2 cm³/mol. The molecule has 21 heavy (non-hydrogen) atoms. The van der Waals surface area contributed by atoms with Gasteiger partial charge in [0.2, 0.25) is 0 Å². The Balaban J connectivity index is 2.06. The first kappa shape index (κ1) is 13.9. The minimum Gasteiger partial charge on any atom is -0.496 e. The average molecular weight is 344 g/mol. The monoisotopic (exact) mass is 343 g/mol. The highest BCUT2D eigenvalue weighted by molar-refractivity contribution is 9.10. The summed E-state index contributed by atoms with van der Waals surface area (Å²) < 4.78 is 5.96. The van der Waals surface area contributed by atoms with Crippen LogP contribution in [0.4, 0.5) is 0 Å². The summed E-state index contributed by atoms with van der Waals surface area (Å²) >= 11 is 3.41. The second-order valence-corrected chi connectivity index (χ2v) is 5.78. The van der Waals surface area contributed by atoms with E-state index in [2.05, 4.69) is 20.9 Å². The molecule has 0 aliphatic carbocycles. The maximum Gasteiger partial charge on any atom is 0.195 e. The molecule has 3 aromatic rings. The van der Waals surface area contributed by atoms with E-state index in [0.717, 1.165) is 20.9 Å². The van der Waals surface area contributed by atoms with Crippen LogP contribution in [0.3, 0.4) is 0 Å². The van der Waals surface area contributed by atoms with Gasteiger partial charge in [-0.1, -0.05) is 12.1 Å². The zero-order valence-electron chi connectivity index (χ0n) is 11.7. The van der Waals surface area contributed by atoms with Gasteiger partial charge in [0.1, 0.15) is 5.75 Å². The Labute approximate surface area is 131 Å². The van der Waals surface area contributed by atoms with Gasteiger partial charge in [-0.15, -0.1) is 0 Å². The molecule has 1 heterocycles. The van der Waals surface area contributed by atoms with Crippen LogP contribution in [0.15, 0.2) is 47.1 Å². The van der Waals surface area contributed by atoms with E-state index in [-0.39, 0.29) is 5.78 Å². The predicted octanol–water partition coefficient (Wildman–Crippen LogP) is 4.48. The second kappa shape index (κ2) is 5.37. The van der Waals surface area contributed by atoms with Crippen molar-refractivity contribution in [3.05, 3.63) is 63.8 Å². The van der Waals surface area contributed by atoms with E-state index in [4.69, 9.17) is 4.74 Å². The topological polar surface area (TPSA) is 42.1 Å². The van der Waals surface area contributed by atoms with Gasteiger partial charge in [-0.2, -0.15) is 0 Å². The third kappa shape index (κ3) is 2.47. The highest BCUT2D eigenvalue weighted by Gasteiger charge is 2.15. The summed E-state index contributed by atoms with van der Waals surface area (Å²) in [6, 6.07) is 11.4. The van der Waals surface area contributed by atoms with Crippen molar-refractivity contribution in [1.29, 1.82) is 0 Å². The first-order chi connectivity index (χ1) is 10.1. The van der Waals surface area contributed by atoms with E-state index in [0.29, 0.717) is 16.9 Å². The summed E-state index contributed by atoms with van der Waals surface area (Å²) in [6.45, 7) is 2.03. The molecule has 1 N–H and O–H groups in total. The number of ether oxygens (including phenoxy) is 1. The van der Waals surface area contributed by atoms with Crippen LogP contribution >= 0.6 is 15.9 Å². The molecule has 0 amide bonds. The Bertz CT molecular complexity index is 836. The van der Waals surface area contributed by atoms with Gasteiger partial charge in [0.05, 0.1) is 11.6 Å². The van der Waals surface area contributed by atoms with Crippen LogP contribution < -0.4 is 4.74 Å². The molecule has 2 aromatic carbocycles. The summed E-state index contributed by atoms with van der Waals surface area (Å²) in [5, 5.41) is 0.942. The Morgan fingerprint density at radius 2 is 2.00 bits per heavy atom. The van der Waals surface area contributed by atoms with Crippen molar-refractivity contribution >= 4 is 32.6 Å².